The van der Waals surface area contributed by atoms with Gasteiger partial charge in [-0.1, -0.05) is 6.07 Å². The van der Waals surface area contributed by atoms with Crippen LogP contribution >= 0.6 is 22.7 Å². The van der Waals surface area contributed by atoms with E-state index in [0.717, 1.165) is 0 Å². The van der Waals surface area contributed by atoms with Crippen LogP contribution in [0.3, 0.4) is 0 Å². The van der Waals surface area contributed by atoms with Crippen molar-refractivity contribution in [2.24, 2.45) is 0 Å². The molecule has 0 saturated carbocycles. The zero-order valence-corrected chi connectivity index (χ0v) is 12.8. The maximum atomic E-state index is 12.1. The molecule has 2 rings (SSSR count). The highest BCUT2D eigenvalue weighted by Gasteiger charge is 2.12. The van der Waals surface area contributed by atoms with E-state index in [1.54, 1.807) is 22.7 Å². The largest absolute Gasteiger partial charge is 0.333 e. The number of nitrogens with one attached hydrogen (secondary N) is 1. The zero-order chi connectivity index (χ0) is 13.7. The number of hydrogen-bond donors (Lipinski definition) is 1. The topological polar surface area (TPSA) is 32.3 Å². The zero-order valence-electron chi connectivity index (χ0n) is 11.2. The summed E-state index contributed by atoms with van der Waals surface area (Å²) in [5.41, 5.74) is 1.24. The quantitative estimate of drug-likeness (QED) is 0.892. The van der Waals surface area contributed by atoms with Crippen molar-refractivity contribution in [3.8, 4) is 0 Å². The smallest absolute Gasteiger partial charge is 0.318 e. The van der Waals surface area contributed by atoms with Crippen LogP contribution in [0.2, 0.25) is 0 Å². The van der Waals surface area contributed by atoms with Crippen molar-refractivity contribution in [1.29, 1.82) is 0 Å². The highest BCUT2D eigenvalue weighted by Crippen LogP contribution is 2.15. The van der Waals surface area contributed by atoms with E-state index in [9.17, 15) is 4.79 Å². The molecular formula is C14H18N2OS2. The Kier molecular flexibility index (Phi) is 4.99. The normalized spacial score (nSPS) is 10.4. The third kappa shape index (κ3) is 3.81. The molecule has 19 heavy (non-hydrogen) atoms. The molecule has 0 unspecified atom stereocenters. The fourth-order valence-corrected chi connectivity index (χ4v) is 3.34. The minimum Gasteiger partial charge on any atom is -0.333 e. The second-order valence-corrected chi connectivity index (χ2v) is 6.31. The first kappa shape index (κ1) is 14.1. The molecule has 2 aromatic rings. The minimum atomic E-state index is 0.00343. The Balaban J connectivity index is 1.88. The monoisotopic (exact) mass is 294 g/mol. The summed E-state index contributed by atoms with van der Waals surface area (Å²) in [5, 5.41) is 7.08. The van der Waals surface area contributed by atoms with Crippen LogP contribution in [0.4, 0.5) is 4.79 Å². The predicted octanol–water partition coefficient (Wildman–Crippen LogP) is 3.85. The van der Waals surface area contributed by atoms with Crippen LogP contribution in [-0.4, -0.2) is 17.5 Å². The molecule has 2 heterocycles. The van der Waals surface area contributed by atoms with Crippen molar-refractivity contribution in [2.75, 3.05) is 6.54 Å². The number of carbonyl (C=O) groups excluding carboxylic acids is 1. The van der Waals surface area contributed by atoms with Gasteiger partial charge in [-0.25, -0.2) is 4.79 Å². The second kappa shape index (κ2) is 6.73. The van der Waals surface area contributed by atoms with Gasteiger partial charge in [-0.3, -0.25) is 0 Å². The Hall–Kier alpha value is -1.33. The van der Waals surface area contributed by atoms with Crippen molar-refractivity contribution >= 4 is 28.7 Å². The fourth-order valence-electron chi connectivity index (χ4n) is 1.77. The molecular weight excluding hydrogens is 276 g/mol. The van der Waals surface area contributed by atoms with Crippen molar-refractivity contribution in [2.45, 2.75) is 26.9 Å². The summed E-state index contributed by atoms with van der Waals surface area (Å²) in [6.45, 7) is 6.09. The van der Waals surface area contributed by atoms with Gasteiger partial charge in [0.2, 0.25) is 0 Å². The fraction of sp³-hybridized carbons (Fsp3) is 0.357. The van der Waals surface area contributed by atoms with Crippen molar-refractivity contribution in [1.82, 2.24) is 10.2 Å². The van der Waals surface area contributed by atoms with E-state index in [4.69, 9.17) is 0 Å². The van der Waals surface area contributed by atoms with Gasteiger partial charge in [0.1, 0.15) is 0 Å². The average molecular weight is 294 g/mol. The van der Waals surface area contributed by atoms with Gasteiger partial charge < -0.3 is 10.2 Å². The van der Waals surface area contributed by atoms with Gasteiger partial charge in [-0.2, -0.15) is 0 Å². The molecule has 0 radical (unpaired) electrons. The first-order valence-corrected chi connectivity index (χ1v) is 8.04. The van der Waals surface area contributed by atoms with E-state index >= 15 is 0 Å². The van der Waals surface area contributed by atoms with Gasteiger partial charge in [-0.15, -0.1) is 22.7 Å². The Morgan fingerprint density at radius 1 is 1.32 bits per heavy atom. The molecule has 0 bridgehead atoms. The average Bonchev–Trinajstić information content (AvgIpc) is 3.04. The molecule has 0 aliphatic carbocycles. The maximum Gasteiger partial charge on any atom is 0.318 e. The van der Waals surface area contributed by atoms with Crippen LogP contribution in [-0.2, 0) is 13.1 Å². The summed E-state index contributed by atoms with van der Waals surface area (Å²) in [6, 6.07) is 6.16. The molecule has 102 valence electrons. The maximum absolute atomic E-state index is 12.1. The van der Waals surface area contributed by atoms with Gasteiger partial charge in [0.05, 0.1) is 13.1 Å². The minimum absolute atomic E-state index is 0.00343. The number of amides is 2. The Labute approximate surface area is 121 Å². The summed E-state index contributed by atoms with van der Waals surface area (Å²) in [5.74, 6) is 0. The molecule has 1 N–H and O–H groups in total. The Morgan fingerprint density at radius 2 is 2.16 bits per heavy atom. The molecule has 0 atom stereocenters. The number of rotatable bonds is 5. The molecule has 0 saturated heterocycles. The third-order valence-electron chi connectivity index (χ3n) is 2.96. The Morgan fingerprint density at radius 3 is 2.74 bits per heavy atom. The number of urea groups is 1. The number of thiophene rings is 2. The number of nitrogens with zero attached hydrogens (tertiary/aromatic N) is 1. The molecule has 2 amide bonds. The second-order valence-electron chi connectivity index (χ2n) is 4.28. The van der Waals surface area contributed by atoms with Crippen LogP contribution < -0.4 is 5.32 Å². The first-order chi connectivity index (χ1) is 9.20. The molecule has 5 heteroatoms. The highest BCUT2D eigenvalue weighted by molar-refractivity contribution is 7.10. The lowest BCUT2D eigenvalue weighted by Gasteiger charge is -2.20. The molecule has 0 spiro atoms. The summed E-state index contributed by atoms with van der Waals surface area (Å²) in [6.07, 6.45) is 0. The van der Waals surface area contributed by atoms with Crippen LogP contribution in [0.1, 0.15) is 22.2 Å². The van der Waals surface area contributed by atoms with E-state index in [2.05, 4.69) is 29.8 Å². The van der Waals surface area contributed by atoms with Crippen LogP contribution in [0.25, 0.3) is 0 Å². The predicted molar refractivity (Wildman–Crippen MR) is 81.7 cm³/mol. The van der Waals surface area contributed by atoms with Gasteiger partial charge in [0.15, 0.2) is 0 Å². The molecule has 0 aromatic carbocycles. The standard InChI is InChI=1S/C14H18N2OS2/c1-3-16(10-12-5-4-7-18-12)14(17)15-9-13-11(2)6-8-19-13/h4-8H,3,9-10H2,1-2H3,(H,15,17). The third-order valence-corrected chi connectivity index (χ3v) is 4.85. The first-order valence-electron chi connectivity index (χ1n) is 6.28. The van der Waals surface area contributed by atoms with Gasteiger partial charge in [0, 0.05) is 16.3 Å². The SMILES string of the molecule is CCN(Cc1cccs1)C(=O)NCc1sccc1C. The molecule has 0 aliphatic heterocycles. The van der Waals surface area contributed by atoms with Crippen molar-refractivity contribution < 1.29 is 4.79 Å². The highest BCUT2D eigenvalue weighted by atomic mass is 32.1. The van der Waals surface area contributed by atoms with Crippen molar-refractivity contribution in [3.05, 3.63) is 44.3 Å². The summed E-state index contributed by atoms with van der Waals surface area (Å²) in [4.78, 5) is 16.4. The number of aryl methyl sites for hydroxylation is 1. The summed E-state index contributed by atoms with van der Waals surface area (Å²) >= 11 is 3.37. The van der Waals surface area contributed by atoms with Gasteiger partial charge >= 0.3 is 6.03 Å². The summed E-state index contributed by atoms with van der Waals surface area (Å²) in [7, 11) is 0. The Bertz CT molecular complexity index is 519. The summed E-state index contributed by atoms with van der Waals surface area (Å²) < 4.78 is 0. The van der Waals surface area contributed by atoms with E-state index in [0.29, 0.717) is 19.6 Å². The van der Waals surface area contributed by atoms with E-state index in [1.165, 1.54) is 15.3 Å². The lowest BCUT2D eigenvalue weighted by atomic mass is 10.3. The van der Waals surface area contributed by atoms with Gasteiger partial charge in [-0.05, 0) is 42.3 Å². The molecule has 0 fully saturated rings. The molecule has 3 nitrogen and oxygen atoms in total. The lowest BCUT2D eigenvalue weighted by Crippen LogP contribution is -2.38. The van der Waals surface area contributed by atoms with Crippen LogP contribution in [0.15, 0.2) is 29.0 Å². The molecule has 0 aliphatic rings. The molecule has 2 aromatic heterocycles. The van der Waals surface area contributed by atoms with Crippen LogP contribution in [0, 0.1) is 6.92 Å². The lowest BCUT2D eigenvalue weighted by molar-refractivity contribution is 0.198. The van der Waals surface area contributed by atoms with Crippen molar-refractivity contribution in [3.63, 3.8) is 0 Å². The van der Waals surface area contributed by atoms with E-state index in [-0.39, 0.29) is 6.03 Å². The van der Waals surface area contributed by atoms with E-state index < -0.39 is 0 Å². The number of hydrogen-bond acceptors (Lipinski definition) is 3. The van der Waals surface area contributed by atoms with Gasteiger partial charge in [0.25, 0.3) is 0 Å². The number of carbonyl (C=O) groups is 1. The van der Waals surface area contributed by atoms with Crippen LogP contribution in [0.5, 0.6) is 0 Å². The van der Waals surface area contributed by atoms with E-state index in [1.807, 2.05) is 23.3 Å².